The molecule has 0 unspecified atom stereocenters. The first-order chi connectivity index (χ1) is 13.9. The number of nitrogens with one attached hydrogen (secondary N) is 1. The lowest BCUT2D eigenvalue weighted by molar-refractivity contribution is -0.134. The van der Waals surface area contributed by atoms with Gasteiger partial charge in [-0.15, -0.1) is 0 Å². The zero-order chi connectivity index (χ0) is 21.0. The van der Waals surface area contributed by atoms with Crippen LogP contribution in [0.25, 0.3) is 5.69 Å². The van der Waals surface area contributed by atoms with Crippen LogP contribution in [-0.2, 0) is 4.79 Å². The van der Waals surface area contributed by atoms with Gasteiger partial charge in [0.05, 0.1) is 23.0 Å². The molecule has 7 nitrogen and oxygen atoms in total. The molecular formula is C22H31N5O2. The van der Waals surface area contributed by atoms with Crippen LogP contribution in [0.15, 0.2) is 36.5 Å². The summed E-state index contributed by atoms with van der Waals surface area (Å²) in [5.41, 5.74) is 2.36. The molecule has 3 rings (SSSR count). The molecule has 1 aromatic heterocycles. The summed E-state index contributed by atoms with van der Waals surface area (Å²) in [6.07, 6.45) is 3.75. The second-order valence-electron chi connectivity index (χ2n) is 7.81. The van der Waals surface area contributed by atoms with Crippen molar-refractivity contribution in [1.29, 1.82) is 0 Å². The van der Waals surface area contributed by atoms with Crippen LogP contribution in [-0.4, -0.2) is 71.2 Å². The van der Waals surface area contributed by atoms with Crippen molar-refractivity contribution in [3.63, 3.8) is 0 Å². The van der Waals surface area contributed by atoms with Gasteiger partial charge < -0.3 is 10.2 Å². The van der Waals surface area contributed by atoms with Crippen LogP contribution in [0, 0.1) is 0 Å². The summed E-state index contributed by atoms with van der Waals surface area (Å²) < 4.78 is 1.78. The molecule has 29 heavy (non-hydrogen) atoms. The van der Waals surface area contributed by atoms with Crippen LogP contribution in [0.3, 0.4) is 0 Å². The summed E-state index contributed by atoms with van der Waals surface area (Å²) >= 11 is 0. The molecule has 0 spiro atoms. The van der Waals surface area contributed by atoms with Crippen molar-refractivity contribution < 1.29 is 9.59 Å². The Balaban J connectivity index is 1.90. The van der Waals surface area contributed by atoms with E-state index in [1.165, 1.54) is 0 Å². The van der Waals surface area contributed by atoms with Crippen LogP contribution in [0.1, 0.15) is 48.7 Å². The fourth-order valence-corrected chi connectivity index (χ4v) is 3.94. The van der Waals surface area contributed by atoms with E-state index in [1.807, 2.05) is 50.4 Å². The Kier molecular flexibility index (Phi) is 6.69. The van der Waals surface area contributed by atoms with Crippen molar-refractivity contribution >= 4 is 11.8 Å². The maximum atomic E-state index is 12.7. The molecule has 1 aliphatic rings. The Hall–Kier alpha value is -2.67. The van der Waals surface area contributed by atoms with Crippen LogP contribution < -0.4 is 5.32 Å². The lowest BCUT2D eigenvalue weighted by atomic mass is 9.91. The van der Waals surface area contributed by atoms with Gasteiger partial charge in [0, 0.05) is 39.3 Å². The quantitative estimate of drug-likeness (QED) is 0.812. The molecular weight excluding hydrogens is 366 g/mol. The highest BCUT2D eigenvalue weighted by molar-refractivity contribution is 5.95. The minimum absolute atomic E-state index is 0.0979. The van der Waals surface area contributed by atoms with E-state index < -0.39 is 0 Å². The molecule has 2 aromatic rings. The Labute approximate surface area is 172 Å². The average Bonchev–Trinajstić information content (AvgIpc) is 3.19. The number of hydrogen-bond acceptors (Lipinski definition) is 4. The first kappa shape index (κ1) is 21.0. The van der Waals surface area contributed by atoms with Crippen LogP contribution in [0.4, 0.5) is 0 Å². The minimum Gasteiger partial charge on any atom is -0.352 e. The molecule has 0 aliphatic carbocycles. The van der Waals surface area contributed by atoms with Gasteiger partial charge in [-0.3, -0.25) is 14.5 Å². The second-order valence-corrected chi connectivity index (χ2v) is 7.81. The number of carbonyl (C=O) groups excluding carboxylic acids is 2. The Morgan fingerprint density at radius 1 is 1.28 bits per heavy atom. The van der Waals surface area contributed by atoms with E-state index in [1.54, 1.807) is 23.7 Å². The highest BCUT2D eigenvalue weighted by Gasteiger charge is 2.32. The van der Waals surface area contributed by atoms with Gasteiger partial charge in [0.25, 0.3) is 5.91 Å². The summed E-state index contributed by atoms with van der Waals surface area (Å²) in [5, 5.41) is 7.72. The maximum Gasteiger partial charge on any atom is 0.254 e. The standard InChI is InChI=1S/C22H31N5O2/c1-5-23-21(28)19-15-27(18-11-7-6-8-12-18)24-20(19)17-10-9-13-26(14-17)16(2)22(29)25(3)4/h6-8,11-12,15-17H,5,9-10,13-14H2,1-4H3,(H,23,28)/t16-,17+/m1/s1. The number of carbonyl (C=O) groups is 2. The molecule has 1 aromatic carbocycles. The lowest BCUT2D eigenvalue weighted by Gasteiger charge is -2.36. The van der Waals surface area contributed by atoms with E-state index in [4.69, 9.17) is 5.10 Å². The van der Waals surface area contributed by atoms with Gasteiger partial charge >= 0.3 is 0 Å². The van der Waals surface area contributed by atoms with Gasteiger partial charge in [0.1, 0.15) is 0 Å². The highest BCUT2D eigenvalue weighted by atomic mass is 16.2. The largest absolute Gasteiger partial charge is 0.352 e. The zero-order valence-electron chi connectivity index (χ0n) is 17.8. The zero-order valence-corrected chi connectivity index (χ0v) is 17.8. The van der Waals surface area contributed by atoms with Crippen molar-refractivity contribution in [3.05, 3.63) is 47.8 Å². The third-order valence-corrected chi connectivity index (χ3v) is 5.53. The van der Waals surface area contributed by atoms with Gasteiger partial charge in [0.2, 0.25) is 5.91 Å². The number of amides is 2. The number of benzene rings is 1. The number of rotatable bonds is 6. The number of likely N-dealkylation sites (N-methyl/N-ethyl adjacent to an activating group) is 1. The Morgan fingerprint density at radius 3 is 2.66 bits per heavy atom. The van der Waals surface area contributed by atoms with Crippen LogP contribution in [0.2, 0.25) is 0 Å². The number of aromatic nitrogens is 2. The van der Waals surface area contributed by atoms with E-state index in [0.717, 1.165) is 37.3 Å². The molecule has 7 heteroatoms. The fourth-order valence-electron chi connectivity index (χ4n) is 3.94. The van der Waals surface area contributed by atoms with E-state index in [0.29, 0.717) is 12.1 Å². The average molecular weight is 398 g/mol. The first-order valence-corrected chi connectivity index (χ1v) is 10.3. The maximum absolute atomic E-state index is 12.7. The topological polar surface area (TPSA) is 70.5 Å². The first-order valence-electron chi connectivity index (χ1n) is 10.3. The monoisotopic (exact) mass is 397 g/mol. The van der Waals surface area contributed by atoms with Gasteiger partial charge in [-0.25, -0.2) is 4.68 Å². The molecule has 2 atom stereocenters. The van der Waals surface area contributed by atoms with E-state index in [9.17, 15) is 9.59 Å². The highest BCUT2D eigenvalue weighted by Crippen LogP contribution is 2.30. The molecule has 1 aliphatic heterocycles. The summed E-state index contributed by atoms with van der Waals surface area (Å²) in [7, 11) is 3.57. The number of piperidine rings is 1. The van der Waals surface area contributed by atoms with Crippen molar-refractivity contribution in [2.45, 2.75) is 38.6 Å². The molecule has 2 amide bonds. The predicted molar refractivity (Wildman–Crippen MR) is 113 cm³/mol. The second kappa shape index (κ2) is 9.22. The van der Waals surface area contributed by atoms with Gasteiger partial charge in [-0.2, -0.15) is 5.10 Å². The fraction of sp³-hybridized carbons (Fsp3) is 0.500. The summed E-state index contributed by atoms with van der Waals surface area (Å²) in [4.78, 5) is 29.0. The number of hydrogen-bond donors (Lipinski definition) is 1. The predicted octanol–water partition coefficient (Wildman–Crippen LogP) is 2.28. The van der Waals surface area contributed by atoms with E-state index in [2.05, 4.69) is 10.2 Å². The SMILES string of the molecule is CCNC(=O)c1cn(-c2ccccc2)nc1[C@H]1CCCN([C@H](C)C(=O)N(C)C)C1. The molecule has 2 heterocycles. The molecule has 1 fully saturated rings. The number of likely N-dealkylation sites (tertiary alicyclic amines) is 1. The van der Waals surface area contributed by atoms with E-state index in [-0.39, 0.29) is 23.8 Å². The minimum atomic E-state index is -0.183. The van der Waals surface area contributed by atoms with Crippen LogP contribution in [0.5, 0.6) is 0 Å². The van der Waals surface area contributed by atoms with E-state index >= 15 is 0 Å². The smallest absolute Gasteiger partial charge is 0.254 e. The Morgan fingerprint density at radius 2 is 2.00 bits per heavy atom. The van der Waals surface area contributed by atoms with Crippen molar-refractivity contribution in [2.75, 3.05) is 33.7 Å². The van der Waals surface area contributed by atoms with Crippen molar-refractivity contribution in [1.82, 2.24) is 24.9 Å². The third-order valence-electron chi connectivity index (χ3n) is 5.53. The molecule has 0 saturated carbocycles. The number of para-hydroxylation sites is 1. The van der Waals surface area contributed by atoms with Gasteiger partial charge in [-0.05, 0) is 45.4 Å². The molecule has 1 N–H and O–H groups in total. The summed E-state index contributed by atoms with van der Waals surface area (Å²) in [6, 6.07) is 9.64. The lowest BCUT2D eigenvalue weighted by Crippen LogP contribution is -2.48. The Bertz CT molecular complexity index is 846. The molecule has 0 bridgehead atoms. The van der Waals surface area contributed by atoms with Gasteiger partial charge in [0.15, 0.2) is 0 Å². The normalized spacial score (nSPS) is 18.3. The van der Waals surface area contributed by atoms with Crippen molar-refractivity contribution in [2.24, 2.45) is 0 Å². The van der Waals surface area contributed by atoms with Crippen molar-refractivity contribution in [3.8, 4) is 5.69 Å². The summed E-state index contributed by atoms with van der Waals surface area (Å²) in [5.74, 6) is 0.118. The third kappa shape index (κ3) is 4.67. The summed E-state index contributed by atoms with van der Waals surface area (Å²) in [6.45, 7) is 6.04. The van der Waals surface area contributed by atoms with Crippen LogP contribution >= 0.6 is 0 Å². The number of nitrogens with zero attached hydrogens (tertiary/aromatic N) is 4. The molecule has 156 valence electrons. The molecule has 1 saturated heterocycles. The molecule has 0 radical (unpaired) electrons. The van der Waals surface area contributed by atoms with Gasteiger partial charge in [-0.1, -0.05) is 18.2 Å².